The molecule has 1 aromatic heterocycles. The Morgan fingerprint density at radius 2 is 2.04 bits per heavy atom. The van der Waals surface area contributed by atoms with Crippen LogP contribution in [0.15, 0.2) is 35.5 Å². The molecule has 1 unspecified atom stereocenters. The second-order valence-corrected chi connectivity index (χ2v) is 7.25. The van der Waals surface area contributed by atoms with E-state index in [1.165, 1.54) is 10.4 Å². The highest BCUT2D eigenvalue weighted by Crippen LogP contribution is 2.21. The van der Waals surface area contributed by atoms with E-state index < -0.39 is 0 Å². The van der Waals surface area contributed by atoms with Crippen LogP contribution in [0.5, 0.6) is 5.75 Å². The number of methoxy groups -OCH3 is 1. The van der Waals surface area contributed by atoms with Gasteiger partial charge < -0.3 is 15.4 Å². The zero-order valence-electron chi connectivity index (χ0n) is 15.5. The minimum Gasteiger partial charge on any atom is -0.497 e. The quantitative estimate of drug-likeness (QED) is 0.556. The van der Waals surface area contributed by atoms with Crippen LogP contribution < -0.4 is 15.4 Å². The minimum atomic E-state index is 0.477. The fourth-order valence-corrected chi connectivity index (χ4v) is 3.20. The summed E-state index contributed by atoms with van der Waals surface area (Å²) < 4.78 is 5.21. The molecule has 136 valence electrons. The van der Waals surface area contributed by atoms with Crippen LogP contribution in [-0.4, -0.2) is 31.1 Å². The van der Waals surface area contributed by atoms with Gasteiger partial charge in [-0.15, -0.1) is 11.3 Å². The van der Waals surface area contributed by atoms with E-state index in [-0.39, 0.29) is 0 Å². The van der Waals surface area contributed by atoms with E-state index in [0.29, 0.717) is 12.5 Å². The molecule has 2 rings (SSSR count). The molecule has 25 heavy (non-hydrogen) atoms. The number of nitrogens with one attached hydrogen (secondary N) is 2. The number of benzene rings is 1. The Labute approximate surface area is 154 Å². The summed E-state index contributed by atoms with van der Waals surface area (Å²) in [5, 5.41) is 7.79. The summed E-state index contributed by atoms with van der Waals surface area (Å²) >= 11 is 1.69. The summed E-state index contributed by atoms with van der Waals surface area (Å²) in [7, 11) is 1.69. The number of hydrogen-bond acceptors (Lipinski definition) is 4. The maximum atomic E-state index is 5.21. The lowest BCUT2D eigenvalue weighted by Gasteiger charge is -2.15. The average Bonchev–Trinajstić information content (AvgIpc) is 3.05. The molecule has 1 atom stereocenters. The van der Waals surface area contributed by atoms with E-state index in [1.54, 1.807) is 18.4 Å². The Hall–Kier alpha value is -2.08. The number of ether oxygens (including phenoxy) is 1. The van der Waals surface area contributed by atoms with E-state index in [1.807, 2.05) is 25.3 Å². The first-order valence-corrected chi connectivity index (χ1v) is 9.51. The van der Waals surface area contributed by atoms with E-state index in [9.17, 15) is 0 Å². The van der Waals surface area contributed by atoms with Gasteiger partial charge in [-0.25, -0.2) is 9.98 Å². The molecule has 0 aliphatic carbocycles. The molecule has 0 spiro atoms. The maximum Gasteiger partial charge on any atom is 0.191 e. The molecule has 0 fully saturated rings. The molecule has 5 nitrogen and oxygen atoms in total. The number of thiazole rings is 1. The lowest BCUT2D eigenvalue weighted by atomic mass is 9.98. The first kappa shape index (κ1) is 19.2. The number of rotatable bonds is 8. The van der Waals surface area contributed by atoms with Gasteiger partial charge in [0.15, 0.2) is 5.96 Å². The van der Waals surface area contributed by atoms with Gasteiger partial charge in [0.05, 0.1) is 18.7 Å². The summed E-state index contributed by atoms with van der Waals surface area (Å²) in [4.78, 5) is 10.1. The van der Waals surface area contributed by atoms with Crippen molar-refractivity contribution in [2.75, 3.05) is 20.2 Å². The van der Waals surface area contributed by atoms with Crippen LogP contribution in [-0.2, 0) is 6.54 Å². The molecule has 0 saturated carbocycles. The van der Waals surface area contributed by atoms with E-state index >= 15 is 0 Å². The summed E-state index contributed by atoms with van der Waals surface area (Å²) in [6, 6.07) is 8.30. The number of hydrogen-bond donors (Lipinski definition) is 2. The van der Waals surface area contributed by atoms with Crippen molar-refractivity contribution in [1.82, 2.24) is 15.6 Å². The third-order valence-electron chi connectivity index (χ3n) is 3.96. The minimum absolute atomic E-state index is 0.477. The first-order valence-electron chi connectivity index (χ1n) is 8.69. The van der Waals surface area contributed by atoms with E-state index in [0.717, 1.165) is 36.2 Å². The number of aliphatic imine (C=N–C) groups is 1. The van der Waals surface area contributed by atoms with E-state index in [2.05, 4.69) is 46.6 Å². The average molecular weight is 361 g/mol. The Balaban J connectivity index is 1.83. The zero-order chi connectivity index (χ0) is 18.1. The Morgan fingerprint density at radius 3 is 2.64 bits per heavy atom. The molecule has 0 aliphatic rings. The number of guanidine groups is 1. The molecule has 1 aromatic carbocycles. The molecule has 0 aliphatic heterocycles. The van der Waals surface area contributed by atoms with Gasteiger partial charge in [0.2, 0.25) is 0 Å². The van der Waals surface area contributed by atoms with Crippen LogP contribution in [0, 0.1) is 6.92 Å². The van der Waals surface area contributed by atoms with Crippen molar-refractivity contribution in [3.8, 4) is 5.75 Å². The highest BCUT2D eigenvalue weighted by atomic mass is 32.1. The van der Waals surface area contributed by atoms with Gasteiger partial charge in [-0.3, -0.25) is 0 Å². The van der Waals surface area contributed by atoms with Gasteiger partial charge in [-0.05, 0) is 43.9 Å². The highest BCUT2D eigenvalue weighted by molar-refractivity contribution is 7.11. The van der Waals surface area contributed by atoms with Gasteiger partial charge in [-0.2, -0.15) is 0 Å². The Morgan fingerprint density at radius 1 is 1.28 bits per heavy atom. The molecule has 6 heteroatoms. The Bertz CT molecular complexity index is 666. The van der Waals surface area contributed by atoms with Gasteiger partial charge in [0.25, 0.3) is 0 Å². The third kappa shape index (κ3) is 6.38. The third-order valence-corrected chi connectivity index (χ3v) is 4.86. The molecule has 2 N–H and O–H groups in total. The SMILES string of the molecule is CCNC(=NCc1cnc(C)s1)NCCC(C)c1ccc(OC)cc1. The molecule has 0 amide bonds. The van der Waals surface area contributed by atoms with Crippen LogP contribution in [0.2, 0.25) is 0 Å². The number of aromatic nitrogens is 1. The summed E-state index contributed by atoms with van der Waals surface area (Å²) in [6.07, 6.45) is 2.94. The van der Waals surface area contributed by atoms with Crippen molar-refractivity contribution in [2.45, 2.75) is 39.7 Å². The van der Waals surface area contributed by atoms with Crippen LogP contribution in [0.3, 0.4) is 0 Å². The number of aryl methyl sites for hydroxylation is 1. The van der Waals surface area contributed by atoms with Crippen LogP contribution in [0.25, 0.3) is 0 Å². The Kier molecular flexibility index (Phi) is 7.73. The standard InChI is InChI=1S/C19H28N4OS/c1-5-20-19(23-13-18-12-22-15(3)25-18)21-11-10-14(2)16-6-8-17(24-4)9-7-16/h6-9,12,14H,5,10-11,13H2,1-4H3,(H2,20,21,23). The van der Waals surface area contributed by atoms with Crippen molar-refractivity contribution < 1.29 is 4.74 Å². The monoisotopic (exact) mass is 360 g/mol. The second-order valence-electron chi connectivity index (χ2n) is 5.93. The van der Waals surface area contributed by atoms with E-state index in [4.69, 9.17) is 4.74 Å². The summed E-state index contributed by atoms with van der Waals surface area (Å²) in [5.74, 6) is 2.23. The van der Waals surface area contributed by atoms with Crippen molar-refractivity contribution in [3.63, 3.8) is 0 Å². The normalized spacial score (nSPS) is 12.7. The number of nitrogens with zero attached hydrogens (tertiary/aromatic N) is 2. The molecule has 0 bridgehead atoms. The van der Waals surface area contributed by atoms with Crippen molar-refractivity contribution in [3.05, 3.63) is 45.9 Å². The topological polar surface area (TPSA) is 58.5 Å². The predicted octanol–water partition coefficient (Wildman–Crippen LogP) is 3.71. The van der Waals surface area contributed by atoms with Crippen molar-refractivity contribution in [1.29, 1.82) is 0 Å². The van der Waals surface area contributed by atoms with Crippen molar-refractivity contribution in [2.24, 2.45) is 4.99 Å². The van der Waals surface area contributed by atoms with Gasteiger partial charge in [0.1, 0.15) is 5.75 Å². The fourth-order valence-electron chi connectivity index (χ4n) is 2.48. The molecule has 0 radical (unpaired) electrons. The highest BCUT2D eigenvalue weighted by Gasteiger charge is 2.06. The zero-order valence-corrected chi connectivity index (χ0v) is 16.3. The fraction of sp³-hybridized carbons (Fsp3) is 0.474. The second kappa shape index (κ2) is 10.0. The first-order chi connectivity index (χ1) is 12.1. The molecule has 1 heterocycles. The summed E-state index contributed by atoms with van der Waals surface area (Å²) in [5.41, 5.74) is 1.32. The van der Waals surface area contributed by atoms with Crippen molar-refractivity contribution >= 4 is 17.3 Å². The molecule has 2 aromatic rings. The lowest BCUT2D eigenvalue weighted by Crippen LogP contribution is -2.38. The molecular weight excluding hydrogens is 332 g/mol. The van der Waals surface area contributed by atoms with Gasteiger partial charge in [0, 0.05) is 24.2 Å². The smallest absolute Gasteiger partial charge is 0.191 e. The largest absolute Gasteiger partial charge is 0.497 e. The van der Waals surface area contributed by atoms with Crippen LogP contribution in [0.4, 0.5) is 0 Å². The summed E-state index contributed by atoms with van der Waals surface area (Å²) in [6.45, 7) is 8.72. The molecule has 0 saturated heterocycles. The van der Waals surface area contributed by atoms with Gasteiger partial charge in [-0.1, -0.05) is 19.1 Å². The lowest BCUT2D eigenvalue weighted by molar-refractivity contribution is 0.414. The van der Waals surface area contributed by atoms with Gasteiger partial charge >= 0.3 is 0 Å². The van der Waals surface area contributed by atoms with Crippen LogP contribution >= 0.6 is 11.3 Å². The van der Waals surface area contributed by atoms with Crippen LogP contribution in [0.1, 0.15) is 41.6 Å². The maximum absolute atomic E-state index is 5.21. The predicted molar refractivity (Wildman–Crippen MR) is 106 cm³/mol. The molecular formula is C19H28N4OS.